The second kappa shape index (κ2) is 14.0. The molecule has 5 aromatic carbocycles. The molecule has 0 bridgehead atoms. The van der Waals surface area contributed by atoms with Gasteiger partial charge in [0.05, 0.1) is 6.54 Å². The summed E-state index contributed by atoms with van der Waals surface area (Å²) in [5.41, 5.74) is 4.75. The molecule has 5 aromatic rings. The van der Waals surface area contributed by atoms with E-state index >= 15 is 0 Å². The lowest BCUT2D eigenvalue weighted by Crippen LogP contribution is -2.41. The van der Waals surface area contributed by atoms with Crippen LogP contribution in [0, 0.1) is 0 Å². The van der Waals surface area contributed by atoms with Gasteiger partial charge in [0, 0.05) is 34.8 Å². The van der Waals surface area contributed by atoms with Crippen molar-refractivity contribution >= 4 is 23.2 Å². The Morgan fingerprint density at radius 1 is 0.605 bits per heavy atom. The van der Waals surface area contributed by atoms with Crippen LogP contribution in [-0.4, -0.2) is 41.8 Å². The first-order valence-electron chi connectivity index (χ1n) is 14.1. The highest BCUT2D eigenvalue weighted by Crippen LogP contribution is 2.28. The smallest absolute Gasteiger partial charge is 0.326 e. The van der Waals surface area contributed by atoms with E-state index in [0.29, 0.717) is 22.4 Å². The third kappa shape index (κ3) is 7.31. The Morgan fingerprint density at radius 2 is 1.14 bits per heavy atom. The predicted molar refractivity (Wildman–Crippen MR) is 170 cm³/mol. The Hall–Kier alpha value is -5.33. The lowest BCUT2D eigenvalue weighted by atomic mass is 9.89. The number of hydrogen-bond donors (Lipinski definition) is 3. The quantitative estimate of drug-likeness (QED) is 0.137. The zero-order valence-corrected chi connectivity index (χ0v) is 23.5. The fraction of sp³-hybridized carbons (Fsp3) is 0.108. The second-order valence-corrected chi connectivity index (χ2v) is 10.2. The molecule has 0 heterocycles. The van der Waals surface area contributed by atoms with Gasteiger partial charge in [0.1, 0.15) is 6.04 Å². The summed E-state index contributed by atoms with van der Waals surface area (Å²) in [4.78, 5) is 39.0. The van der Waals surface area contributed by atoms with Gasteiger partial charge >= 0.3 is 5.97 Å². The van der Waals surface area contributed by atoms with E-state index in [0.717, 1.165) is 16.7 Å². The monoisotopic (exact) mass is 568 g/mol. The lowest BCUT2D eigenvalue weighted by molar-refractivity contribution is -0.138. The molecule has 0 aliphatic carbocycles. The van der Waals surface area contributed by atoms with E-state index in [2.05, 4.69) is 10.6 Å². The molecule has 0 aliphatic rings. The fourth-order valence-electron chi connectivity index (χ4n) is 5.10. The number of carboxylic acid groups (broad SMARTS) is 1. The van der Waals surface area contributed by atoms with E-state index < -0.39 is 17.9 Å². The third-order valence-electron chi connectivity index (χ3n) is 7.38. The van der Waals surface area contributed by atoms with Crippen molar-refractivity contribution in [1.29, 1.82) is 0 Å². The first kappa shape index (κ1) is 29.2. The predicted octanol–water partition coefficient (Wildman–Crippen LogP) is 6.71. The van der Waals surface area contributed by atoms with Crippen molar-refractivity contribution in [2.75, 3.05) is 18.4 Å². The van der Waals surface area contributed by atoms with Crippen LogP contribution in [0.1, 0.15) is 37.8 Å². The summed E-state index contributed by atoms with van der Waals surface area (Å²) >= 11 is 0. The Kier molecular flexibility index (Phi) is 9.52. The first-order chi connectivity index (χ1) is 21.0. The molecule has 0 saturated heterocycles. The van der Waals surface area contributed by atoms with Crippen LogP contribution in [0.15, 0.2) is 140 Å². The van der Waals surface area contributed by atoms with Crippen molar-refractivity contribution in [1.82, 2.24) is 5.32 Å². The van der Waals surface area contributed by atoms with Gasteiger partial charge in [-0.1, -0.05) is 127 Å². The maximum atomic E-state index is 13.4. The van der Waals surface area contributed by atoms with Crippen molar-refractivity contribution in [2.45, 2.75) is 12.0 Å². The highest BCUT2D eigenvalue weighted by Gasteiger charge is 2.31. The Bertz CT molecular complexity index is 1670. The summed E-state index contributed by atoms with van der Waals surface area (Å²) in [5.74, 6) is -1.94. The van der Waals surface area contributed by atoms with Crippen LogP contribution < -0.4 is 10.6 Å². The van der Waals surface area contributed by atoms with Gasteiger partial charge in [-0.15, -0.1) is 0 Å². The van der Waals surface area contributed by atoms with Crippen LogP contribution in [0.4, 0.5) is 5.69 Å². The van der Waals surface area contributed by atoms with Crippen molar-refractivity contribution in [3.05, 3.63) is 162 Å². The molecule has 5 rings (SSSR count). The van der Waals surface area contributed by atoms with Crippen molar-refractivity contribution < 1.29 is 19.5 Å². The van der Waals surface area contributed by atoms with Crippen LogP contribution in [0.3, 0.4) is 0 Å². The number of aliphatic carboxylic acids is 1. The molecule has 6 nitrogen and oxygen atoms in total. The van der Waals surface area contributed by atoms with Crippen LogP contribution in [0.5, 0.6) is 0 Å². The van der Waals surface area contributed by atoms with Crippen LogP contribution >= 0.6 is 0 Å². The third-order valence-corrected chi connectivity index (χ3v) is 7.38. The number of rotatable bonds is 13. The molecule has 0 spiro atoms. The number of carboxylic acids is 1. The minimum atomic E-state index is -1.10. The molecule has 2 unspecified atom stereocenters. The largest absolute Gasteiger partial charge is 0.480 e. The number of ketones is 2. The molecular weight excluding hydrogens is 536 g/mol. The van der Waals surface area contributed by atoms with Gasteiger partial charge in [-0.25, -0.2) is 4.79 Å². The zero-order chi connectivity index (χ0) is 30.0. The van der Waals surface area contributed by atoms with Crippen LogP contribution in [0.25, 0.3) is 11.1 Å². The van der Waals surface area contributed by atoms with Gasteiger partial charge in [0.2, 0.25) is 0 Å². The standard InChI is InChI=1S/C37H32N2O4/c40-34(29-14-6-2-7-15-29)25-38-24-32(28-22-20-27(21-23-28)26-12-4-1-5-13-26)35(37(42)43)39-33-19-11-10-18-31(33)36(41)30-16-8-3-9-17-30/h1-23,32,35,38-39H,24-25H2,(H,42,43). The van der Waals surface area contributed by atoms with E-state index in [9.17, 15) is 19.5 Å². The summed E-state index contributed by atoms with van der Waals surface area (Å²) in [5, 5.41) is 16.9. The summed E-state index contributed by atoms with van der Waals surface area (Å²) < 4.78 is 0. The average Bonchev–Trinajstić information content (AvgIpc) is 3.07. The van der Waals surface area contributed by atoms with Gasteiger partial charge in [0.25, 0.3) is 0 Å². The molecule has 0 fully saturated rings. The molecule has 2 atom stereocenters. The molecule has 3 N–H and O–H groups in total. The van der Waals surface area contributed by atoms with Gasteiger partial charge in [-0.05, 0) is 28.8 Å². The van der Waals surface area contributed by atoms with Crippen LogP contribution in [-0.2, 0) is 4.79 Å². The Labute approximate surface area is 251 Å². The van der Waals surface area contributed by atoms with Crippen molar-refractivity contribution in [2.24, 2.45) is 0 Å². The Balaban J connectivity index is 1.44. The highest BCUT2D eigenvalue weighted by atomic mass is 16.4. The molecule has 0 amide bonds. The molecule has 0 radical (unpaired) electrons. The number of para-hydroxylation sites is 1. The Morgan fingerprint density at radius 3 is 1.77 bits per heavy atom. The molecule has 0 aromatic heterocycles. The minimum absolute atomic E-state index is 0.0536. The number of carbonyl (C=O) groups excluding carboxylic acids is 2. The summed E-state index contributed by atoms with van der Waals surface area (Å²) in [7, 11) is 0. The number of nitrogens with one attached hydrogen (secondary N) is 2. The topological polar surface area (TPSA) is 95.5 Å². The number of anilines is 1. The summed E-state index contributed by atoms with van der Waals surface area (Å²) in [6, 6.07) is 41.4. The SMILES string of the molecule is O=C(CNCC(c1ccc(-c2ccccc2)cc1)C(Nc1ccccc1C(=O)c1ccccc1)C(=O)O)c1ccccc1. The zero-order valence-electron chi connectivity index (χ0n) is 23.5. The van der Waals surface area contributed by atoms with E-state index in [1.54, 1.807) is 60.7 Å². The van der Waals surface area contributed by atoms with Gasteiger partial charge in [-0.2, -0.15) is 0 Å². The number of hydrogen-bond acceptors (Lipinski definition) is 5. The number of Topliss-reactive ketones (excluding diaryl/α,β-unsaturated/α-hetero) is 1. The highest BCUT2D eigenvalue weighted by molar-refractivity contribution is 6.12. The number of benzene rings is 5. The molecule has 43 heavy (non-hydrogen) atoms. The van der Waals surface area contributed by atoms with Gasteiger partial charge < -0.3 is 15.7 Å². The average molecular weight is 569 g/mol. The maximum Gasteiger partial charge on any atom is 0.326 e. The molecular formula is C37H32N2O4. The van der Waals surface area contributed by atoms with Gasteiger partial charge in [0.15, 0.2) is 11.6 Å². The molecule has 6 heteroatoms. The summed E-state index contributed by atoms with van der Waals surface area (Å²) in [6.45, 7) is 0.264. The van der Waals surface area contributed by atoms with E-state index in [-0.39, 0.29) is 24.7 Å². The van der Waals surface area contributed by atoms with Crippen LogP contribution in [0.2, 0.25) is 0 Å². The van der Waals surface area contributed by atoms with Crippen molar-refractivity contribution in [3.8, 4) is 11.1 Å². The second-order valence-electron chi connectivity index (χ2n) is 10.2. The van der Waals surface area contributed by atoms with E-state index in [4.69, 9.17) is 0 Å². The number of carbonyl (C=O) groups is 3. The lowest BCUT2D eigenvalue weighted by Gasteiger charge is -2.27. The molecule has 214 valence electrons. The maximum absolute atomic E-state index is 13.4. The van der Waals surface area contributed by atoms with E-state index in [1.165, 1.54) is 0 Å². The molecule has 0 aliphatic heterocycles. The van der Waals surface area contributed by atoms with E-state index in [1.807, 2.05) is 78.9 Å². The van der Waals surface area contributed by atoms with Crippen molar-refractivity contribution in [3.63, 3.8) is 0 Å². The minimum Gasteiger partial charge on any atom is -0.480 e. The molecule has 0 saturated carbocycles. The summed E-state index contributed by atoms with van der Waals surface area (Å²) in [6.07, 6.45) is 0. The first-order valence-corrected chi connectivity index (χ1v) is 14.1. The normalized spacial score (nSPS) is 12.2. The fourth-order valence-corrected chi connectivity index (χ4v) is 5.10. The van der Waals surface area contributed by atoms with Gasteiger partial charge in [-0.3, -0.25) is 9.59 Å².